The molecule has 0 saturated carbocycles. The number of rotatable bonds is 1. The number of halogens is 6. The van der Waals surface area contributed by atoms with Gasteiger partial charge < -0.3 is 10.2 Å². The van der Waals surface area contributed by atoms with Crippen LogP contribution in [0.4, 0.5) is 26.3 Å². The zero-order valence-corrected chi connectivity index (χ0v) is 7.93. The van der Waals surface area contributed by atoms with Crippen molar-refractivity contribution in [3.63, 3.8) is 0 Å². The Labute approximate surface area is 91.1 Å². The van der Waals surface area contributed by atoms with Gasteiger partial charge in [0.05, 0.1) is 0 Å². The minimum Gasteiger partial charge on any atom is -0.872 e. The second-order valence-corrected chi connectivity index (χ2v) is 3.23. The predicted molar refractivity (Wildman–Crippen MR) is 41.9 cm³/mol. The van der Waals surface area contributed by atoms with Crippen molar-refractivity contribution in [2.75, 3.05) is 0 Å². The van der Waals surface area contributed by atoms with E-state index in [1.807, 2.05) is 0 Å². The van der Waals surface area contributed by atoms with Crippen LogP contribution in [0.5, 0.6) is 5.75 Å². The van der Waals surface area contributed by atoms with E-state index in [1.165, 1.54) is 0 Å². The smallest absolute Gasteiger partial charge is 0.430 e. The summed E-state index contributed by atoms with van der Waals surface area (Å²) in [5.41, 5.74) is -6.43. The zero-order valence-electron chi connectivity index (χ0n) is 7.93. The molecule has 1 N–H and O–H groups in total. The monoisotopic (exact) mass is 259 g/mol. The first-order chi connectivity index (χ1) is 7.50. The average Bonchev–Trinajstić information content (AvgIpc) is 2.14. The molecule has 0 aliphatic rings. The van der Waals surface area contributed by atoms with Crippen molar-refractivity contribution in [1.82, 2.24) is 0 Å². The molecule has 1 rings (SSSR count). The van der Waals surface area contributed by atoms with Crippen LogP contribution in [0.2, 0.25) is 0 Å². The summed E-state index contributed by atoms with van der Waals surface area (Å²) in [6.07, 6.45) is -11.9. The largest absolute Gasteiger partial charge is 0.872 e. The van der Waals surface area contributed by atoms with Crippen LogP contribution in [0.25, 0.3) is 0 Å². The Bertz CT molecular complexity index is 377. The van der Waals surface area contributed by atoms with E-state index in [0.717, 1.165) is 0 Å². The molecular formula is C9H5F6O2-. The third kappa shape index (κ3) is 2.17. The average molecular weight is 259 g/mol. The molecule has 96 valence electrons. The van der Waals surface area contributed by atoms with Gasteiger partial charge in [-0.05, 0) is 0 Å². The van der Waals surface area contributed by atoms with Crippen molar-refractivity contribution in [3.05, 3.63) is 29.8 Å². The summed E-state index contributed by atoms with van der Waals surface area (Å²) in [4.78, 5) is 0. The molecular weight excluding hydrogens is 254 g/mol. The van der Waals surface area contributed by atoms with E-state index in [9.17, 15) is 31.4 Å². The lowest BCUT2D eigenvalue weighted by molar-refractivity contribution is -0.376. The highest BCUT2D eigenvalue weighted by Gasteiger charge is 2.71. The molecule has 1 aromatic carbocycles. The lowest BCUT2D eigenvalue weighted by atomic mass is 9.92. The van der Waals surface area contributed by atoms with E-state index >= 15 is 0 Å². The highest BCUT2D eigenvalue weighted by atomic mass is 19.4. The Hall–Kier alpha value is -1.44. The van der Waals surface area contributed by atoms with Gasteiger partial charge in [0.2, 0.25) is 0 Å². The van der Waals surface area contributed by atoms with Crippen LogP contribution < -0.4 is 5.11 Å². The van der Waals surface area contributed by atoms with Gasteiger partial charge in [-0.2, -0.15) is 26.3 Å². The van der Waals surface area contributed by atoms with Crippen LogP contribution in [0.3, 0.4) is 0 Å². The first kappa shape index (κ1) is 13.6. The van der Waals surface area contributed by atoms with Gasteiger partial charge in [-0.1, -0.05) is 24.3 Å². The van der Waals surface area contributed by atoms with Gasteiger partial charge in [-0.15, -0.1) is 5.75 Å². The van der Waals surface area contributed by atoms with E-state index in [0.29, 0.717) is 24.3 Å². The van der Waals surface area contributed by atoms with Gasteiger partial charge in [0.15, 0.2) is 0 Å². The summed E-state index contributed by atoms with van der Waals surface area (Å²) in [6.45, 7) is 0. The van der Waals surface area contributed by atoms with E-state index < -0.39 is 29.3 Å². The van der Waals surface area contributed by atoms with Crippen LogP contribution in [0, 0.1) is 0 Å². The quantitative estimate of drug-likeness (QED) is 0.784. The summed E-state index contributed by atoms with van der Waals surface area (Å²) in [6, 6.07) is 1.61. The van der Waals surface area contributed by atoms with Crippen molar-refractivity contribution in [2.45, 2.75) is 18.0 Å². The van der Waals surface area contributed by atoms with Gasteiger partial charge in [0.25, 0.3) is 5.60 Å². The molecule has 0 aliphatic carbocycles. The van der Waals surface area contributed by atoms with Gasteiger partial charge in [-0.25, -0.2) is 0 Å². The maximum Gasteiger partial charge on any atom is 0.430 e. The van der Waals surface area contributed by atoms with E-state index in [2.05, 4.69) is 0 Å². The molecule has 0 amide bonds. The molecule has 0 unspecified atom stereocenters. The Morgan fingerprint density at radius 1 is 0.824 bits per heavy atom. The highest BCUT2D eigenvalue weighted by molar-refractivity contribution is 5.31. The predicted octanol–water partition coefficient (Wildman–Crippen LogP) is 2.07. The third-order valence-corrected chi connectivity index (χ3v) is 2.09. The van der Waals surface area contributed by atoms with Gasteiger partial charge in [0.1, 0.15) is 0 Å². The molecule has 0 heterocycles. The molecule has 1 aromatic rings. The number of hydrogen-bond acceptors (Lipinski definition) is 2. The molecule has 0 radical (unpaired) electrons. The number of benzene rings is 1. The molecule has 0 saturated heterocycles. The maximum absolute atomic E-state index is 12.3. The lowest BCUT2D eigenvalue weighted by Crippen LogP contribution is -2.53. The molecule has 0 bridgehead atoms. The standard InChI is InChI=1S/C9H6F6O2/c10-8(11,12)7(17,9(13,14)15)5-1-3-6(16)4-2-5/h1-4,16-17H/p-1. The minimum atomic E-state index is -5.93. The first-order valence-electron chi connectivity index (χ1n) is 4.13. The molecule has 0 aromatic heterocycles. The SMILES string of the molecule is [O-]c1ccc(C(O)(C(F)(F)F)C(F)(F)F)cc1. The second-order valence-electron chi connectivity index (χ2n) is 3.23. The number of alkyl halides is 6. The molecule has 0 aliphatic heterocycles. The summed E-state index contributed by atoms with van der Waals surface area (Å²) >= 11 is 0. The Kier molecular flexibility index (Phi) is 3.04. The topological polar surface area (TPSA) is 43.3 Å². The zero-order chi connectivity index (χ0) is 13.5. The second kappa shape index (κ2) is 3.80. The van der Waals surface area contributed by atoms with Crippen LogP contribution in [0.1, 0.15) is 5.56 Å². The van der Waals surface area contributed by atoms with E-state index in [4.69, 9.17) is 5.11 Å². The fraction of sp³-hybridized carbons (Fsp3) is 0.333. The van der Waals surface area contributed by atoms with E-state index in [1.54, 1.807) is 0 Å². The van der Waals surface area contributed by atoms with Crippen molar-refractivity contribution in [3.8, 4) is 5.75 Å². The van der Waals surface area contributed by atoms with Crippen molar-refractivity contribution < 1.29 is 36.6 Å². The normalized spacial score (nSPS) is 13.8. The van der Waals surface area contributed by atoms with Gasteiger partial charge >= 0.3 is 12.4 Å². The molecule has 0 atom stereocenters. The Morgan fingerprint density at radius 2 is 1.18 bits per heavy atom. The Morgan fingerprint density at radius 3 is 1.47 bits per heavy atom. The lowest BCUT2D eigenvalue weighted by Gasteiger charge is -2.32. The fourth-order valence-electron chi connectivity index (χ4n) is 1.18. The third-order valence-electron chi connectivity index (χ3n) is 2.09. The highest BCUT2D eigenvalue weighted by Crippen LogP contribution is 2.49. The van der Waals surface area contributed by atoms with Crippen LogP contribution >= 0.6 is 0 Å². The minimum absolute atomic E-state index is 0.295. The molecule has 8 heteroatoms. The molecule has 17 heavy (non-hydrogen) atoms. The van der Waals surface area contributed by atoms with Crippen LogP contribution in [-0.2, 0) is 5.60 Å². The summed E-state index contributed by atoms with van der Waals surface area (Å²) in [5.74, 6) is -0.763. The molecule has 2 nitrogen and oxygen atoms in total. The fourth-order valence-corrected chi connectivity index (χ4v) is 1.18. The Balaban J connectivity index is 3.41. The first-order valence-corrected chi connectivity index (χ1v) is 4.13. The molecule has 0 fully saturated rings. The summed E-state index contributed by atoms with van der Waals surface area (Å²) in [5, 5.41) is 19.5. The van der Waals surface area contributed by atoms with Crippen molar-refractivity contribution in [2.24, 2.45) is 0 Å². The van der Waals surface area contributed by atoms with Gasteiger partial charge in [0, 0.05) is 5.56 Å². The number of hydrogen-bond donors (Lipinski definition) is 1. The van der Waals surface area contributed by atoms with E-state index in [-0.39, 0.29) is 0 Å². The van der Waals surface area contributed by atoms with Crippen molar-refractivity contribution >= 4 is 0 Å². The number of aliphatic hydroxyl groups is 1. The maximum atomic E-state index is 12.3. The molecule has 0 spiro atoms. The van der Waals surface area contributed by atoms with Crippen LogP contribution in [0.15, 0.2) is 24.3 Å². The summed E-state index contributed by atoms with van der Waals surface area (Å²) in [7, 11) is 0. The van der Waals surface area contributed by atoms with Crippen LogP contribution in [-0.4, -0.2) is 17.5 Å². The van der Waals surface area contributed by atoms with Crippen molar-refractivity contribution in [1.29, 1.82) is 0 Å². The summed E-state index contributed by atoms with van der Waals surface area (Å²) < 4.78 is 74.0. The van der Waals surface area contributed by atoms with Gasteiger partial charge in [-0.3, -0.25) is 0 Å².